The van der Waals surface area contributed by atoms with Crippen molar-refractivity contribution in [2.45, 2.75) is 31.2 Å². The standard InChI is InChI=1S/C12H15NO/c14-11-2-1-9-3-6-13-12(4-5-12)8-10(9)7-11/h1-2,7,13-14H,3-6,8H2. The van der Waals surface area contributed by atoms with Gasteiger partial charge < -0.3 is 10.4 Å². The highest BCUT2D eigenvalue weighted by Gasteiger charge is 2.43. The molecule has 1 saturated carbocycles. The van der Waals surface area contributed by atoms with E-state index < -0.39 is 0 Å². The highest BCUT2D eigenvalue weighted by atomic mass is 16.3. The molecule has 14 heavy (non-hydrogen) atoms. The van der Waals surface area contributed by atoms with Crippen LogP contribution in [0, 0.1) is 0 Å². The predicted octanol–water partition coefficient (Wildman–Crippen LogP) is 1.61. The van der Waals surface area contributed by atoms with Gasteiger partial charge in [0, 0.05) is 5.54 Å². The maximum Gasteiger partial charge on any atom is 0.115 e. The Bertz CT molecular complexity index is 369. The Labute approximate surface area is 84.0 Å². The first-order valence-corrected chi connectivity index (χ1v) is 5.33. The normalized spacial score (nSPS) is 22.9. The molecule has 74 valence electrons. The third-order valence-corrected chi connectivity index (χ3v) is 3.47. The van der Waals surface area contributed by atoms with Crippen molar-refractivity contribution >= 4 is 0 Å². The van der Waals surface area contributed by atoms with Crippen LogP contribution in [0.15, 0.2) is 18.2 Å². The molecule has 0 aromatic heterocycles. The first-order chi connectivity index (χ1) is 6.77. The summed E-state index contributed by atoms with van der Waals surface area (Å²) in [5.74, 6) is 0.404. The Morgan fingerprint density at radius 3 is 2.86 bits per heavy atom. The molecule has 1 aromatic carbocycles. The molecule has 1 aromatic rings. The van der Waals surface area contributed by atoms with Gasteiger partial charge in [0.05, 0.1) is 0 Å². The fourth-order valence-corrected chi connectivity index (χ4v) is 2.41. The van der Waals surface area contributed by atoms with Gasteiger partial charge in [0.2, 0.25) is 0 Å². The molecule has 1 spiro atoms. The van der Waals surface area contributed by atoms with Gasteiger partial charge in [-0.2, -0.15) is 0 Å². The first kappa shape index (κ1) is 8.30. The Hall–Kier alpha value is -1.02. The van der Waals surface area contributed by atoms with E-state index in [1.165, 1.54) is 24.0 Å². The predicted molar refractivity (Wildman–Crippen MR) is 55.5 cm³/mol. The van der Waals surface area contributed by atoms with Gasteiger partial charge in [-0.25, -0.2) is 0 Å². The zero-order chi connectivity index (χ0) is 9.60. The molecule has 3 rings (SSSR count). The molecule has 1 aliphatic heterocycles. The molecule has 0 bridgehead atoms. The highest BCUT2D eigenvalue weighted by Crippen LogP contribution is 2.40. The Balaban J connectivity index is 2.00. The number of nitrogens with one attached hydrogen (secondary N) is 1. The number of aromatic hydroxyl groups is 1. The number of phenols is 1. The van der Waals surface area contributed by atoms with E-state index in [0.29, 0.717) is 11.3 Å². The molecule has 0 radical (unpaired) electrons. The summed E-state index contributed by atoms with van der Waals surface area (Å²) in [6.07, 6.45) is 4.78. The van der Waals surface area contributed by atoms with Crippen LogP contribution >= 0.6 is 0 Å². The van der Waals surface area contributed by atoms with Crippen molar-refractivity contribution in [3.63, 3.8) is 0 Å². The minimum atomic E-state index is 0.388. The zero-order valence-electron chi connectivity index (χ0n) is 8.21. The van der Waals surface area contributed by atoms with Gasteiger partial charge in [-0.15, -0.1) is 0 Å². The largest absolute Gasteiger partial charge is 0.508 e. The summed E-state index contributed by atoms with van der Waals surface area (Å²) in [4.78, 5) is 0. The van der Waals surface area contributed by atoms with E-state index in [1.807, 2.05) is 6.07 Å². The topological polar surface area (TPSA) is 32.3 Å². The summed E-state index contributed by atoms with van der Waals surface area (Å²) in [7, 11) is 0. The van der Waals surface area contributed by atoms with E-state index in [4.69, 9.17) is 0 Å². The number of phenolic OH excluding ortho intramolecular Hbond substituents is 1. The molecule has 2 aliphatic rings. The van der Waals surface area contributed by atoms with Crippen LogP contribution < -0.4 is 5.32 Å². The van der Waals surface area contributed by atoms with Crippen molar-refractivity contribution in [2.75, 3.05) is 6.54 Å². The highest BCUT2D eigenvalue weighted by molar-refractivity contribution is 5.38. The summed E-state index contributed by atoms with van der Waals surface area (Å²) in [6.45, 7) is 1.08. The van der Waals surface area contributed by atoms with Crippen LogP contribution in [0.5, 0.6) is 5.75 Å². The Morgan fingerprint density at radius 2 is 2.07 bits per heavy atom. The maximum absolute atomic E-state index is 9.45. The molecule has 1 fully saturated rings. The van der Waals surface area contributed by atoms with Gasteiger partial charge in [0.25, 0.3) is 0 Å². The number of rotatable bonds is 0. The van der Waals surface area contributed by atoms with E-state index in [9.17, 15) is 5.11 Å². The van der Waals surface area contributed by atoms with Crippen LogP contribution in [-0.4, -0.2) is 17.2 Å². The molecule has 1 heterocycles. The van der Waals surface area contributed by atoms with Gasteiger partial charge in [0.1, 0.15) is 5.75 Å². The number of fused-ring (bicyclic) bond motifs is 1. The average Bonchev–Trinajstić information content (AvgIpc) is 2.92. The SMILES string of the molecule is Oc1ccc2c(c1)CC1(CC1)NCC2. The summed E-state index contributed by atoms with van der Waals surface area (Å²) in [5.41, 5.74) is 3.13. The number of hydrogen-bond acceptors (Lipinski definition) is 2. The lowest BCUT2D eigenvalue weighted by atomic mass is 9.99. The van der Waals surface area contributed by atoms with Crippen molar-refractivity contribution in [2.24, 2.45) is 0 Å². The molecule has 2 nitrogen and oxygen atoms in total. The Kier molecular flexibility index (Phi) is 1.62. The van der Waals surface area contributed by atoms with Crippen LogP contribution in [-0.2, 0) is 12.8 Å². The molecule has 1 aliphatic carbocycles. The monoisotopic (exact) mass is 189 g/mol. The average molecular weight is 189 g/mol. The summed E-state index contributed by atoms with van der Waals surface area (Å²) in [6, 6.07) is 5.79. The van der Waals surface area contributed by atoms with Crippen molar-refractivity contribution in [1.29, 1.82) is 0 Å². The van der Waals surface area contributed by atoms with Gasteiger partial charge in [-0.1, -0.05) is 6.07 Å². The van der Waals surface area contributed by atoms with Crippen molar-refractivity contribution in [3.8, 4) is 5.75 Å². The second kappa shape index (κ2) is 2.74. The molecule has 2 N–H and O–H groups in total. The van der Waals surface area contributed by atoms with E-state index in [-0.39, 0.29) is 0 Å². The van der Waals surface area contributed by atoms with Crippen molar-refractivity contribution in [1.82, 2.24) is 5.32 Å². The fourth-order valence-electron chi connectivity index (χ4n) is 2.41. The number of hydrogen-bond donors (Lipinski definition) is 2. The van der Waals surface area contributed by atoms with E-state index in [2.05, 4.69) is 11.4 Å². The lowest BCUT2D eigenvalue weighted by Gasteiger charge is -2.13. The molecular formula is C12H15NO. The van der Waals surface area contributed by atoms with Crippen molar-refractivity contribution in [3.05, 3.63) is 29.3 Å². The van der Waals surface area contributed by atoms with E-state index >= 15 is 0 Å². The van der Waals surface area contributed by atoms with E-state index in [0.717, 1.165) is 19.4 Å². The lowest BCUT2D eigenvalue weighted by Crippen LogP contribution is -2.32. The van der Waals surface area contributed by atoms with Gasteiger partial charge in [-0.3, -0.25) is 0 Å². The fraction of sp³-hybridized carbons (Fsp3) is 0.500. The minimum absolute atomic E-state index is 0.388. The minimum Gasteiger partial charge on any atom is -0.508 e. The Morgan fingerprint density at radius 1 is 1.21 bits per heavy atom. The molecular weight excluding hydrogens is 174 g/mol. The zero-order valence-corrected chi connectivity index (χ0v) is 8.21. The van der Waals surface area contributed by atoms with Crippen LogP contribution in [0.1, 0.15) is 24.0 Å². The lowest BCUT2D eigenvalue weighted by molar-refractivity contribution is 0.473. The summed E-state index contributed by atoms with van der Waals surface area (Å²) in [5, 5.41) is 13.1. The van der Waals surface area contributed by atoms with Crippen LogP contribution in [0.3, 0.4) is 0 Å². The molecule has 0 saturated heterocycles. The van der Waals surface area contributed by atoms with Crippen LogP contribution in [0.4, 0.5) is 0 Å². The van der Waals surface area contributed by atoms with Crippen molar-refractivity contribution < 1.29 is 5.11 Å². The third-order valence-electron chi connectivity index (χ3n) is 3.47. The molecule has 0 unspecified atom stereocenters. The second-order valence-corrected chi connectivity index (χ2v) is 4.59. The first-order valence-electron chi connectivity index (χ1n) is 5.33. The van der Waals surface area contributed by atoms with Gasteiger partial charge >= 0.3 is 0 Å². The third kappa shape index (κ3) is 1.30. The van der Waals surface area contributed by atoms with E-state index in [1.54, 1.807) is 6.07 Å². The quantitative estimate of drug-likeness (QED) is 0.650. The van der Waals surface area contributed by atoms with Crippen LogP contribution in [0.2, 0.25) is 0 Å². The van der Waals surface area contributed by atoms with Gasteiger partial charge in [0.15, 0.2) is 0 Å². The molecule has 0 amide bonds. The second-order valence-electron chi connectivity index (χ2n) is 4.59. The van der Waals surface area contributed by atoms with Gasteiger partial charge in [-0.05, 0) is 55.5 Å². The number of benzene rings is 1. The van der Waals surface area contributed by atoms with Crippen LogP contribution in [0.25, 0.3) is 0 Å². The molecule has 0 atom stereocenters. The summed E-state index contributed by atoms with van der Waals surface area (Å²) >= 11 is 0. The smallest absolute Gasteiger partial charge is 0.115 e. The maximum atomic E-state index is 9.45. The molecule has 2 heteroatoms. The summed E-state index contributed by atoms with van der Waals surface area (Å²) < 4.78 is 0.